The van der Waals surface area contributed by atoms with E-state index < -0.39 is 10.0 Å². The van der Waals surface area contributed by atoms with Crippen molar-refractivity contribution < 1.29 is 17.9 Å². The van der Waals surface area contributed by atoms with Crippen LogP contribution in [-0.2, 0) is 14.8 Å². The molecule has 2 aromatic carbocycles. The minimum Gasteiger partial charge on any atom is -0.497 e. The lowest BCUT2D eigenvalue weighted by molar-refractivity contribution is -0.135. The number of amides is 1. The molecule has 2 unspecified atom stereocenters. The van der Waals surface area contributed by atoms with Crippen molar-refractivity contribution >= 4 is 21.6 Å². The molecule has 0 radical (unpaired) electrons. The monoisotopic (exact) mass is 443 g/mol. The van der Waals surface area contributed by atoms with Crippen LogP contribution in [-0.4, -0.2) is 62.9 Å². The third-order valence-corrected chi connectivity index (χ3v) is 7.95. The van der Waals surface area contributed by atoms with Crippen molar-refractivity contribution in [2.45, 2.75) is 30.2 Å². The van der Waals surface area contributed by atoms with Gasteiger partial charge in [0.25, 0.3) is 0 Å². The van der Waals surface area contributed by atoms with Crippen molar-refractivity contribution in [2.75, 3.05) is 38.6 Å². The molecule has 2 aromatic rings. The van der Waals surface area contributed by atoms with Gasteiger partial charge in [-0.3, -0.25) is 4.79 Å². The zero-order valence-electron chi connectivity index (χ0n) is 17.7. The molecular formula is C23H29N3O4S. The standard InChI is InChI=1S/C23H29N3O4S/c1-30-21-9-11-22(12-10-21)31(28,29)26-14-5-6-18(16-26)23(27)25-15-13-20(17-25)24-19-7-3-2-4-8-19/h2-4,7-12,18,20,24H,5-6,13-17H2,1H3. The van der Waals surface area contributed by atoms with Gasteiger partial charge in [-0.15, -0.1) is 0 Å². The van der Waals surface area contributed by atoms with E-state index in [4.69, 9.17) is 4.74 Å². The number of likely N-dealkylation sites (tertiary alicyclic amines) is 1. The number of sulfonamides is 1. The Bertz CT molecular complexity index is 995. The Balaban J connectivity index is 1.38. The van der Waals surface area contributed by atoms with Gasteiger partial charge in [0.05, 0.1) is 17.9 Å². The Morgan fingerprint density at radius 2 is 1.74 bits per heavy atom. The molecule has 2 aliphatic rings. The molecule has 0 saturated carbocycles. The quantitative estimate of drug-likeness (QED) is 0.743. The van der Waals surface area contributed by atoms with Crippen LogP contribution in [0.5, 0.6) is 5.75 Å². The first-order valence-corrected chi connectivity index (χ1v) is 12.2. The van der Waals surface area contributed by atoms with E-state index in [0.717, 1.165) is 18.5 Å². The summed E-state index contributed by atoms with van der Waals surface area (Å²) in [7, 11) is -2.09. The highest BCUT2D eigenvalue weighted by molar-refractivity contribution is 7.89. The molecule has 7 nitrogen and oxygen atoms in total. The van der Waals surface area contributed by atoms with Crippen LogP contribution in [0.1, 0.15) is 19.3 Å². The van der Waals surface area contributed by atoms with Gasteiger partial charge in [-0.2, -0.15) is 4.31 Å². The average molecular weight is 444 g/mol. The number of nitrogens with zero attached hydrogens (tertiary/aromatic N) is 2. The van der Waals surface area contributed by atoms with Crippen molar-refractivity contribution in [1.82, 2.24) is 9.21 Å². The SMILES string of the molecule is COc1ccc(S(=O)(=O)N2CCCC(C(=O)N3CCC(Nc4ccccc4)C3)C2)cc1. The molecule has 166 valence electrons. The van der Waals surface area contributed by atoms with Gasteiger partial charge in [-0.05, 0) is 55.7 Å². The van der Waals surface area contributed by atoms with Crippen LogP contribution >= 0.6 is 0 Å². The number of carbonyl (C=O) groups is 1. The van der Waals surface area contributed by atoms with E-state index in [1.165, 1.54) is 4.31 Å². The van der Waals surface area contributed by atoms with Crippen LogP contribution in [0.3, 0.4) is 0 Å². The number of hydrogen-bond donors (Lipinski definition) is 1. The second-order valence-corrected chi connectivity index (χ2v) is 10.1. The summed E-state index contributed by atoms with van der Waals surface area (Å²) in [4.78, 5) is 15.3. The third kappa shape index (κ3) is 4.85. The fourth-order valence-corrected chi connectivity index (χ4v) is 5.89. The molecule has 2 fully saturated rings. The van der Waals surface area contributed by atoms with Gasteiger partial charge in [0.15, 0.2) is 0 Å². The number of benzene rings is 2. The largest absolute Gasteiger partial charge is 0.497 e. The van der Waals surface area contributed by atoms with Crippen LogP contribution in [0.4, 0.5) is 5.69 Å². The zero-order chi connectivity index (χ0) is 21.8. The minimum atomic E-state index is -3.63. The maximum absolute atomic E-state index is 13.2. The summed E-state index contributed by atoms with van der Waals surface area (Å²) in [6.07, 6.45) is 2.30. The van der Waals surface area contributed by atoms with Gasteiger partial charge in [-0.25, -0.2) is 8.42 Å². The second-order valence-electron chi connectivity index (χ2n) is 8.16. The zero-order valence-corrected chi connectivity index (χ0v) is 18.6. The predicted octanol–water partition coefficient (Wildman–Crippen LogP) is 2.81. The summed E-state index contributed by atoms with van der Waals surface area (Å²) in [5.74, 6) is 0.377. The van der Waals surface area contributed by atoms with Crippen molar-refractivity contribution in [3.8, 4) is 5.75 Å². The van der Waals surface area contributed by atoms with E-state index in [0.29, 0.717) is 31.8 Å². The maximum atomic E-state index is 13.2. The van der Waals surface area contributed by atoms with Gasteiger partial charge in [0.1, 0.15) is 5.75 Å². The Morgan fingerprint density at radius 3 is 2.45 bits per heavy atom. The fourth-order valence-electron chi connectivity index (χ4n) is 4.37. The average Bonchev–Trinajstić information content (AvgIpc) is 3.27. The molecule has 8 heteroatoms. The summed E-state index contributed by atoms with van der Waals surface area (Å²) < 4.78 is 32.7. The topological polar surface area (TPSA) is 79.0 Å². The molecule has 0 spiro atoms. The second kappa shape index (κ2) is 9.28. The Morgan fingerprint density at radius 1 is 1.00 bits per heavy atom. The normalized spacial score (nSPS) is 22.3. The van der Waals surface area contributed by atoms with Gasteiger partial charge in [0, 0.05) is 37.9 Å². The number of nitrogens with one attached hydrogen (secondary N) is 1. The molecular weight excluding hydrogens is 414 g/mol. The van der Waals surface area contributed by atoms with E-state index >= 15 is 0 Å². The number of ether oxygens (including phenoxy) is 1. The molecule has 0 aliphatic carbocycles. The first-order valence-electron chi connectivity index (χ1n) is 10.7. The Labute approximate surface area is 184 Å². The lowest BCUT2D eigenvalue weighted by Crippen LogP contribution is -2.46. The molecule has 2 heterocycles. The van der Waals surface area contributed by atoms with Crippen LogP contribution in [0.15, 0.2) is 59.5 Å². The van der Waals surface area contributed by atoms with Crippen LogP contribution in [0.2, 0.25) is 0 Å². The molecule has 1 N–H and O–H groups in total. The van der Waals surface area contributed by atoms with Crippen molar-refractivity contribution in [3.05, 3.63) is 54.6 Å². The fraction of sp³-hybridized carbons (Fsp3) is 0.435. The Hall–Kier alpha value is -2.58. The van der Waals surface area contributed by atoms with Crippen molar-refractivity contribution in [3.63, 3.8) is 0 Å². The van der Waals surface area contributed by atoms with Crippen molar-refractivity contribution in [2.24, 2.45) is 5.92 Å². The summed E-state index contributed by atoms with van der Waals surface area (Å²) >= 11 is 0. The number of methoxy groups -OCH3 is 1. The van der Waals surface area contributed by atoms with E-state index in [1.807, 2.05) is 35.2 Å². The van der Waals surface area contributed by atoms with Gasteiger partial charge in [-0.1, -0.05) is 18.2 Å². The van der Waals surface area contributed by atoms with Gasteiger partial charge >= 0.3 is 0 Å². The number of hydrogen-bond acceptors (Lipinski definition) is 5. The van der Waals surface area contributed by atoms with Gasteiger partial charge < -0.3 is 15.0 Å². The van der Waals surface area contributed by atoms with E-state index in [2.05, 4.69) is 5.32 Å². The summed E-state index contributed by atoms with van der Waals surface area (Å²) in [5, 5.41) is 3.48. The molecule has 31 heavy (non-hydrogen) atoms. The lowest BCUT2D eigenvalue weighted by Gasteiger charge is -2.33. The summed E-state index contributed by atoms with van der Waals surface area (Å²) in [6.45, 7) is 2.03. The van der Waals surface area contributed by atoms with Crippen LogP contribution < -0.4 is 10.1 Å². The van der Waals surface area contributed by atoms with Gasteiger partial charge in [0.2, 0.25) is 15.9 Å². The highest BCUT2D eigenvalue weighted by atomic mass is 32.2. The van der Waals surface area contributed by atoms with Crippen LogP contribution in [0, 0.1) is 5.92 Å². The number of para-hydroxylation sites is 1. The first-order chi connectivity index (χ1) is 15.0. The number of anilines is 1. The first kappa shape index (κ1) is 21.6. The number of carbonyl (C=O) groups excluding carboxylic acids is 1. The highest BCUT2D eigenvalue weighted by Gasteiger charge is 2.37. The molecule has 0 aromatic heterocycles. The maximum Gasteiger partial charge on any atom is 0.243 e. The molecule has 0 bridgehead atoms. The molecule has 2 saturated heterocycles. The molecule has 4 rings (SSSR count). The summed E-state index contributed by atoms with van der Waals surface area (Å²) in [5.41, 5.74) is 1.05. The van der Waals surface area contributed by atoms with Crippen LogP contribution in [0.25, 0.3) is 0 Å². The van der Waals surface area contributed by atoms with E-state index in [-0.39, 0.29) is 29.3 Å². The van der Waals surface area contributed by atoms with E-state index in [1.54, 1.807) is 31.4 Å². The smallest absolute Gasteiger partial charge is 0.243 e. The third-order valence-electron chi connectivity index (χ3n) is 6.08. The Kier molecular flexibility index (Phi) is 6.48. The molecule has 2 aliphatic heterocycles. The number of piperidine rings is 1. The molecule has 1 amide bonds. The lowest BCUT2D eigenvalue weighted by atomic mass is 9.98. The summed E-state index contributed by atoms with van der Waals surface area (Å²) in [6, 6.07) is 16.6. The highest BCUT2D eigenvalue weighted by Crippen LogP contribution is 2.27. The molecule has 2 atom stereocenters. The number of rotatable bonds is 6. The predicted molar refractivity (Wildman–Crippen MR) is 120 cm³/mol. The van der Waals surface area contributed by atoms with E-state index in [9.17, 15) is 13.2 Å². The van der Waals surface area contributed by atoms with Crippen molar-refractivity contribution in [1.29, 1.82) is 0 Å². The minimum absolute atomic E-state index is 0.0620.